The lowest BCUT2D eigenvalue weighted by Gasteiger charge is -2.16. The van der Waals surface area contributed by atoms with E-state index in [1.54, 1.807) is 0 Å². The van der Waals surface area contributed by atoms with Crippen LogP contribution >= 0.6 is 0 Å². The molecule has 3 aromatic rings. The number of aromatic nitrogens is 2. The summed E-state index contributed by atoms with van der Waals surface area (Å²) in [7, 11) is 0. The van der Waals surface area contributed by atoms with Crippen molar-refractivity contribution in [1.29, 1.82) is 0 Å². The Bertz CT molecular complexity index is 1340. The second kappa shape index (κ2) is 9.40. The van der Waals surface area contributed by atoms with Crippen LogP contribution in [-0.2, 0) is 12.8 Å². The molecule has 0 spiro atoms. The first kappa shape index (κ1) is 24.2. The average Bonchev–Trinajstić information content (AvgIpc) is 3.31. The lowest BCUT2D eigenvalue weighted by molar-refractivity contribution is -0.137. The van der Waals surface area contributed by atoms with Crippen LogP contribution in [-0.4, -0.2) is 21.0 Å². The molecule has 0 aliphatic heterocycles. The van der Waals surface area contributed by atoms with Crippen LogP contribution in [0.3, 0.4) is 0 Å². The number of hydrogen-bond acceptors (Lipinski definition) is 4. The molecule has 0 fully saturated rings. The number of carboxylic acid groups (broad SMARTS) is 1. The molecule has 5 nitrogen and oxygen atoms in total. The second-order valence-electron chi connectivity index (χ2n) is 7.71. The van der Waals surface area contributed by atoms with Gasteiger partial charge in [0.2, 0.25) is 5.88 Å². The highest BCUT2D eigenvalue weighted by Crippen LogP contribution is 2.43. The molecular weight excluding hydrogens is 478 g/mol. The van der Waals surface area contributed by atoms with Crippen LogP contribution in [0.1, 0.15) is 52.1 Å². The van der Waals surface area contributed by atoms with Gasteiger partial charge in [-0.25, -0.2) is 27.9 Å². The number of ether oxygens (including phenoxy) is 1. The van der Waals surface area contributed by atoms with Crippen molar-refractivity contribution in [2.75, 3.05) is 0 Å². The fourth-order valence-corrected chi connectivity index (χ4v) is 3.83. The van der Waals surface area contributed by atoms with Crippen molar-refractivity contribution in [3.8, 4) is 5.88 Å². The fraction of sp³-hybridized carbons (Fsp3) is 0.208. The van der Waals surface area contributed by atoms with E-state index in [0.717, 1.165) is 6.07 Å². The molecule has 4 rings (SSSR count). The SMILES string of the molecule is O=C(O)c1cccc(C2=C(c3cc(C(F)(F)F)cnc3OCc3c(F)ccc(F)c3F)CCC2)n1. The van der Waals surface area contributed by atoms with Crippen molar-refractivity contribution in [3.63, 3.8) is 0 Å². The molecule has 1 aliphatic rings. The molecule has 0 amide bonds. The van der Waals surface area contributed by atoms with Crippen molar-refractivity contribution in [3.05, 3.63) is 88.1 Å². The highest BCUT2D eigenvalue weighted by atomic mass is 19.4. The van der Waals surface area contributed by atoms with E-state index in [2.05, 4.69) is 9.97 Å². The third kappa shape index (κ3) is 4.98. The van der Waals surface area contributed by atoms with Crippen LogP contribution in [0, 0.1) is 17.5 Å². The van der Waals surface area contributed by atoms with E-state index < -0.39 is 47.3 Å². The first-order valence-electron chi connectivity index (χ1n) is 10.3. The summed E-state index contributed by atoms with van der Waals surface area (Å²) in [4.78, 5) is 19.1. The van der Waals surface area contributed by atoms with E-state index in [0.29, 0.717) is 48.7 Å². The quantitative estimate of drug-likeness (QED) is 0.322. The number of carbonyl (C=O) groups is 1. The summed E-state index contributed by atoms with van der Waals surface area (Å²) in [5.41, 5.74) is -0.980. The van der Waals surface area contributed by atoms with Gasteiger partial charge in [0.25, 0.3) is 0 Å². The van der Waals surface area contributed by atoms with Crippen molar-refractivity contribution >= 4 is 17.1 Å². The van der Waals surface area contributed by atoms with Crippen LogP contribution in [0.25, 0.3) is 11.1 Å². The molecule has 1 aliphatic carbocycles. The Morgan fingerprint density at radius 2 is 1.74 bits per heavy atom. The van der Waals surface area contributed by atoms with Gasteiger partial charge in [0.05, 0.1) is 16.8 Å². The van der Waals surface area contributed by atoms with Gasteiger partial charge in [0, 0.05) is 11.8 Å². The van der Waals surface area contributed by atoms with E-state index in [-0.39, 0.29) is 22.8 Å². The normalized spacial score (nSPS) is 13.9. The van der Waals surface area contributed by atoms with Crippen LogP contribution in [0.5, 0.6) is 5.88 Å². The van der Waals surface area contributed by atoms with Crippen LogP contribution in [0.2, 0.25) is 0 Å². The van der Waals surface area contributed by atoms with Gasteiger partial charge < -0.3 is 9.84 Å². The first-order valence-corrected chi connectivity index (χ1v) is 10.3. The number of halogens is 6. The van der Waals surface area contributed by atoms with E-state index in [4.69, 9.17) is 4.74 Å². The zero-order chi connectivity index (χ0) is 25.3. The summed E-state index contributed by atoms with van der Waals surface area (Å²) in [6.07, 6.45) is -2.98. The largest absolute Gasteiger partial charge is 0.477 e. The third-order valence-electron chi connectivity index (χ3n) is 5.49. The van der Waals surface area contributed by atoms with Gasteiger partial charge in [-0.05, 0) is 60.7 Å². The molecule has 35 heavy (non-hydrogen) atoms. The summed E-state index contributed by atoms with van der Waals surface area (Å²) in [6.45, 7) is -0.823. The topological polar surface area (TPSA) is 72.3 Å². The van der Waals surface area contributed by atoms with Gasteiger partial charge in [0.1, 0.15) is 18.1 Å². The molecular formula is C24H16F6N2O3. The molecule has 0 radical (unpaired) electrons. The zero-order valence-corrected chi connectivity index (χ0v) is 17.8. The summed E-state index contributed by atoms with van der Waals surface area (Å²) in [5, 5.41) is 9.23. The molecule has 0 saturated heterocycles. The standard InChI is InChI=1S/C24H16F6N2O3/c25-17-7-8-18(26)21(27)16(17)11-35-22-15(9-12(10-31-22)24(28,29)30)13-3-1-4-14(13)19-5-2-6-20(32-19)23(33)34/h2,5-10H,1,3-4,11H2,(H,33,34). The van der Waals surface area contributed by atoms with Gasteiger partial charge in [-0.15, -0.1) is 0 Å². The van der Waals surface area contributed by atoms with E-state index in [1.807, 2.05) is 0 Å². The minimum Gasteiger partial charge on any atom is -0.477 e. The van der Waals surface area contributed by atoms with Crippen LogP contribution in [0.15, 0.2) is 42.6 Å². The maximum Gasteiger partial charge on any atom is 0.417 e. The smallest absolute Gasteiger partial charge is 0.417 e. The third-order valence-corrected chi connectivity index (χ3v) is 5.49. The average molecular weight is 494 g/mol. The Morgan fingerprint density at radius 1 is 1.03 bits per heavy atom. The minimum atomic E-state index is -4.73. The molecule has 0 unspecified atom stereocenters. The van der Waals surface area contributed by atoms with E-state index >= 15 is 0 Å². The number of aromatic carboxylic acids is 1. The lowest BCUT2D eigenvalue weighted by Crippen LogP contribution is -2.10. The number of nitrogens with zero attached hydrogens (tertiary/aromatic N) is 2. The summed E-state index contributed by atoms with van der Waals surface area (Å²) in [6, 6.07) is 6.39. The lowest BCUT2D eigenvalue weighted by atomic mass is 9.99. The van der Waals surface area contributed by atoms with Gasteiger partial charge in [-0.1, -0.05) is 6.07 Å². The second-order valence-corrected chi connectivity index (χ2v) is 7.71. The van der Waals surface area contributed by atoms with Gasteiger partial charge in [0.15, 0.2) is 11.6 Å². The summed E-state index contributed by atoms with van der Waals surface area (Å²) >= 11 is 0. The molecule has 2 heterocycles. The molecule has 0 bridgehead atoms. The predicted octanol–water partition coefficient (Wildman–Crippen LogP) is 6.28. The van der Waals surface area contributed by atoms with Gasteiger partial charge in [-0.2, -0.15) is 13.2 Å². The number of pyridine rings is 2. The Morgan fingerprint density at radius 3 is 2.46 bits per heavy atom. The maximum atomic E-state index is 14.0. The summed E-state index contributed by atoms with van der Waals surface area (Å²) in [5.74, 6) is -5.49. The highest BCUT2D eigenvalue weighted by molar-refractivity contribution is 5.94. The monoisotopic (exact) mass is 494 g/mol. The Hall–Kier alpha value is -3.89. The van der Waals surface area contributed by atoms with Crippen LogP contribution in [0.4, 0.5) is 26.3 Å². The molecule has 0 saturated carbocycles. The number of allylic oxidation sites excluding steroid dienone is 2. The van der Waals surface area contributed by atoms with E-state index in [9.17, 15) is 36.2 Å². The first-order chi connectivity index (χ1) is 16.6. The van der Waals surface area contributed by atoms with Crippen LogP contribution < -0.4 is 4.74 Å². The van der Waals surface area contributed by atoms with Crippen molar-refractivity contribution in [2.45, 2.75) is 32.0 Å². The fourth-order valence-electron chi connectivity index (χ4n) is 3.83. The Balaban J connectivity index is 1.81. The highest BCUT2D eigenvalue weighted by Gasteiger charge is 2.33. The minimum absolute atomic E-state index is 0.0768. The number of hydrogen-bond donors (Lipinski definition) is 1. The predicted molar refractivity (Wildman–Crippen MR) is 112 cm³/mol. The molecule has 1 aromatic carbocycles. The number of rotatable bonds is 6. The zero-order valence-electron chi connectivity index (χ0n) is 17.8. The van der Waals surface area contributed by atoms with Gasteiger partial charge >= 0.3 is 12.1 Å². The number of carboxylic acids is 1. The number of benzene rings is 1. The number of alkyl halides is 3. The van der Waals surface area contributed by atoms with Crippen molar-refractivity contribution in [1.82, 2.24) is 9.97 Å². The van der Waals surface area contributed by atoms with Crippen molar-refractivity contribution < 1.29 is 41.0 Å². The molecule has 1 N–H and O–H groups in total. The molecule has 2 aromatic heterocycles. The van der Waals surface area contributed by atoms with Gasteiger partial charge in [-0.3, -0.25) is 0 Å². The van der Waals surface area contributed by atoms with Crippen molar-refractivity contribution in [2.24, 2.45) is 0 Å². The van der Waals surface area contributed by atoms with E-state index in [1.165, 1.54) is 18.2 Å². The molecule has 0 atom stereocenters. The Labute approximate surface area is 194 Å². The molecule has 11 heteroatoms. The summed E-state index contributed by atoms with van der Waals surface area (Å²) < 4.78 is 87.3. The molecule has 182 valence electrons. The Kier molecular flexibility index (Phi) is 6.51. The maximum absolute atomic E-state index is 14.0.